The maximum absolute atomic E-state index is 14.5. The molecule has 0 radical (unpaired) electrons. The van der Waals surface area contributed by atoms with Gasteiger partial charge in [-0.3, -0.25) is 14.5 Å². The number of hydrogen-bond donors (Lipinski definition) is 1. The molecule has 1 aliphatic carbocycles. The predicted octanol–water partition coefficient (Wildman–Crippen LogP) is 5.28. The number of fused-ring (bicyclic) bond motifs is 1. The van der Waals surface area contributed by atoms with E-state index in [4.69, 9.17) is 34.8 Å². The van der Waals surface area contributed by atoms with Crippen molar-refractivity contribution < 1.29 is 18.0 Å². The van der Waals surface area contributed by atoms with Crippen LogP contribution >= 0.6 is 34.8 Å². The minimum atomic E-state index is -4.23. The minimum absolute atomic E-state index is 0.00137. The molecule has 0 spiro atoms. The smallest absolute Gasteiger partial charge is 0.246 e. The Bertz CT molecular complexity index is 1680. The van der Waals surface area contributed by atoms with E-state index in [1.807, 2.05) is 50.3 Å². The summed E-state index contributed by atoms with van der Waals surface area (Å²) in [4.78, 5) is 34.2. The van der Waals surface area contributed by atoms with Crippen LogP contribution in [0.1, 0.15) is 45.1 Å². The van der Waals surface area contributed by atoms with Crippen LogP contribution in [0.15, 0.2) is 77.2 Å². The summed E-state index contributed by atoms with van der Waals surface area (Å²) in [5.74, 6) is -0.466. The lowest BCUT2D eigenvalue weighted by atomic mass is 9.93. The molecular weight excluding hydrogens is 693 g/mol. The number of nitrogens with one attached hydrogen (secondary N) is 1. The topological polar surface area (TPSA) is 93.3 Å². The number of carbonyl (C=O) groups is 2. The van der Waals surface area contributed by atoms with E-state index < -0.39 is 28.3 Å². The third kappa shape index (κ3) is 7.50. The Balaban J connectivity index is 1.31. The van der Waals surface area contributed by atoms with Crippen molar-refractivity contribution in [3.63, 3.8) is 0 Å². The van der Waals surface area contributed by atoms with E-state index in [1.165, 1.54) is 33.0 Å². The molecule has 258 valence electrons. The van der Waals surface area contributed by atoms with Crippen LogP contribution in [0.2, 0.25) is 10.0 Å². The van der Waals surface area contributed by atoms with E-state index in [1.54, 1.807) is 4.90 Å². The number of benzene rings is 2. The van der Waals surface area contributed by atoms with Crippen LogP contribution in [-0.2, 0) is 26.2 Å². The second kappa shape index (κ2) is 14.8. The molecule has 3 aliphatic heterocycles. The van der Waals surface area contributed by atoms with Gasteiger partial charge in [-0.25, -0.2) is 8.42 Å². The Hall–Kier alpha value is -2.44. The fourth-order valence-corrected chi connectivity index (χ4v) is 9.70. The normalized spacial score (nSPS) is 26.2. The molecule has 48 heavy (non-hydrogen) atoms. The molecule has 2 amide bonds. The number of piperidine rings is 1. The number of sulfonamides is 1. The molecule has 2 aromatic rings. The van der Waals surface area contributed by atoms with Gasteiger partial charge in [0.1, 0.15) is 23.1 Å². The maximum atomic E-state index is 14.5. The maximum Gasteiger partial charge on any atom is 0.246 e. The van der Waals surface area contributed by atoms with Crippen LogP contribution in [0.3, 0.4) is 0 Å². The molecule has 3 saturated heterocycles. The lowest BCUT2D eigenvalue weighted by Crippen LogP contribution is -2.76. The summed E-state index contributed by atoms with van der Waals surface area (Å²) >= 11 is 18.9. The Kier molecular flexibility index (Phi) is 10.9. The van der Waals surface area contributed by atoms with E-state index >= 15 is 0 Å². The molecule has 3 fully saturated rings. The molecule has 0 saturated carbocycles. The summed E-state index contributed by atoms with van der Waals surface area (Å²) in [6.45, 7) is 6.29. The number of nitrogens with zero attached hydrogens (tertiary/aromatic N) is 4. The van der Waals surface area contributed by atoms with E-state index in [0.29, 0.717) is 11.4 Å². The number of halogens is 3. The molecule has 4 aliphatic rings. The zero-order valence-electron chi connectivity index (χ0n) is 27.1. The average molecular weight is 735 g/mol. The van der Waals surface area contributed by atoms with Crippen molar-refractivity contribution >= 4 is 56.6 Å². The summed E-state index contributed by atoms with van der Waals surface area (Å²) < 4.78 is 30.4. The van der Waals surface area contributed by atoms with Gasteiger partial charge in [-0.15, -0.1) is 11.6 Å². The average Bonchev–Trinajstić information content (AvgIpc) is 3.05. The predicted molar refractivity (Wildman–Crippen MR) is 189 cm³/mol. The summed E-state index contributed by atoms with van der Waals surface area (Å²) in [5.41, 5.74) is 2.14. The first-order valence-corrected chi connectivity index (χ1v) is 19.2. The number of alkyl halides is 1. The molecular formula is C35H42Cl3N5O4S. The Morgan fingerprint density at radius 3 is 2.35 bits per heavy atom. The number of hydrogen-bond acceptors (Lipinski definition) is 6. The van der Waals surface area contributed by atoms with Gasteiger partial charge < -0.3 is 15.1 Å². The van der Waals surface area contributed by atoms with Crippen molar-refractivity contribution in [2.24, 2.45) is 0 Å². The highest BCUT2D eigenvalue weighted by molar-refractivity contribution is 7.89. The lowest BCUT2D eigenvalue weighted by Gasteiger charge is -2.54. The van der Waals surface area contributed by atoms with Gasteiger partial charge in [0.05, 0.1) is 16.9 Å². The molecule has 13 heteroatoms. The minimum Gasteiger partial charge on any atom is -0.335 e. The van der Waals surface area contributed by atoms with E-state index in [-0.39, 0.29) is 58.7 Å². The van der Waals surface area contributed by atoms with Crippen LogP contribution in [-0.4, -0.2) is 101 Å². The second-order valence-corrected chi connectivity index (χ2v) is 16.6. The van der Waals surface area contributed by atoms with Crippen LogP contribution in [0.5, 0.6) is 0 Å². The van der Waals surface area contributed by atoms with Crippen molar-refractivity contribution in [3.8, 4) is 0 Å². The lowest BCUT2D eigenvalue weighted by molar-refractivity contribution is -0.169. The quantitative estimate of drug-likeness (QED) is 0.353. The van der Waals surface area contributed by atoms with E-state index in [9.17, 15) is 18.0 Å². The third-order valence-corrected chi connectivity index (χ3v) is 12.7. The molecule has 1 N–H and O–H groups in total. The SMILES string of the molecule is CC(C)N1CC2N(C(=O)C(NC3CCN(Cc4ccccc4)CC3)CN2S(=O)(=O)c2ccc(Cl)cc2Cl)C(CC2=CCC(Cl)C=C2)C1=O. The highest BCUT2D eigenvalue weighted by Crippen LogP contribution is 2.36. The third-order valence-electron chi connectivity index (χ3n) is 9.76. The van der Waals surface area contributed by atoms with Gasteiger partial charge in [-0.05, 0) is 75.5 Å². The molecule has 0 bridgehead atoms. The number of carbonyl (C=O) groups excluding carboxylic acids is 2. The Morgan fingerprint density at radius 2 is 1.71 bits per heavy atom. The van der Waals surface area contributed by atoms with Gasteiger partial charge in [0.2, 0.25) is 21.8 Å². The molecule has 4 unspecified atom stereocenters. The highest BCUT2D eigenvalue weighted by atomic mass is 35.5. The van der Waals surface area contributed by atoms with E-state index in [2.05, 4.69) is 22.3 Å². The second-order valence-electron chi connectivity index (χ2n) is 13.3. The summed E-state index contributed by atoms with van der Waals surface area (Å²) in [5, 5.41) is 3.71. The first kappa shape index (κ1) is 35.4. The summed E-state index contributed by atoms with van der Waals surface area (Å²) in [6.07, 6.45) is 7.32. The van der Waals surface area contributed by atoms with Gasteiger partial charge in [-0.2, -0.15) is 4.31 Å². The number of piperazine rings is 1. The van der Waals surface area contributed by atoms with Crippen molar-refractivity contribution in [3.05, 3.63) is 87.9 Å². The highest BCUT2D eigenvalue weighted by Gasteiger charge is 2.54. The standard InChI is InChI=1S/C35H42Cl3N5O4S/c1-23(2)41-22-33-42(48(46,47)32-13-12-27(37)19-29(32)38)21-30(39-28-14-16-40(17-15-28)20-25-6-4-3-5-7-25)34(44)43(33)31(35(41)45)18-24-8-10-26(36)11-9-24/h3-10,12-13,19,23,26,28,30-31,33,39H,11,14-18,20-22H2,1-2H3. The fourth-order valence-electron chi connectivity index (χ4n) is 7.20. The zero-order chi connectivity index (χ0) is 34.2. The fraction of sp³-hybridized carbons (Fsp3) is 0.486. The van der Waals surface area contributed by atoms with Crippen LogP contribution in [0.4, 0.5) is 0 Å². The van der Waals surface area contributed by atoms with Gasteiger partial charge in [-0.1, -0.05) is 71.8 Å². The van der Waals surface area contributed by atoms with Crippen molar-refractivity contribution in [2.45, 2.75) is 86.7 Å². The van der Waals surface area contributed by atoms with Crippen LogP contribution < -0.4 is 5.32 Å². The van der Waals surface area contributed by atoms with Gasteiger partial charge >= 0.3 is 0 Å². The summed E-state index contributed by atoms with van der Waals surface area (Å²) in [7, 11) is -4.23. The van der Waals surface area contributed by atoms with Gasteiger partial charge in [0.15, 0.2) is 0 Å². The Morgan fingerprint density at radius 1 is 0.979 bits per heavy atom. The van der Waals surface area contributed by atoms with Crippen molar-refractivity contribution in [2.75, 3.05) is 26.2 Å². The molecule has 3 heterocycles. The van der Waals surface area contributed by atoms with Crippen molar-refractivity contribution in [1.82, 2.24) is 24.3 Å². The molecule has 6 rings (SSSR count). The monoisotopic (exact) mass is 733 g/mol. The van der Waals surface area contributed by atoms with Crippen molar-refractivity contribution in [1.29, 1.82) is 0 Å². The van der Waals surface area contributed by atoms with E-state index in [0.717, 1.165) is 38.0 Å². The molecule has 2 aromatic carbocycles. The molecule has 0 aromatic heterocycles. The largest absolute Gasteiger partial charge is 0.335 e. The molecule has 4 atom stereocenters. The molecule has 9 nitrogen and oxygen atoms in total. The van der Waals surface area contributed by atoms with Gasteiger partial charge in [0.25, 0.3) is 0 Å². The first-order valence-electron chi connectivity index (χ1n) is 16.6. The number of allylic oxidation sites excluding steroid dienone is 3. The number of amides is 2. The first-order chi connectivity index (χ1) is 22.9. The van der Waals surface area contributed by atoms with Crippen LogP contribution in [0, 0.1) is 0 Å². The summed E-state index contributed by atoms with van der Waals surface area (Å²) in [6, 6.07) is 12.7. The van der Waals surface area contributed by atoms with Crippen LogP contribution in [0.25, 0.3) is 0 Å². The zero-order valence-corrected chi connectivity index (χ0v) is 30.2. The van der Waals surface area contributed by atoms with Gasteiger partial charge in [0, 0.05) is 36.6 Å². The number of rotatable bonds is 9. The number of likely N-dealkylation sites (tertiary alicyclic amines) is 1. The Labute approximate surface area is 298 Å².